The molecule has 1 N–H and O–H groups in total. The average Bonchev–Trinajstić information content (AvgIpc) is 2.40. The van der Waals surface area contributed by atoms with Crippen molar-refractivity contribution < 1.29 is 0 Å². The van der Waals surface area contributed by atoms with Crippen LogP contribution in [0.1, 0.15) is 36.7 Å². The number of aromatic nitrogens is 2. The van der Waals surface area contributed by atoms with Crippen molar-refractivity contribution in [3.8, 4) is 11.3 Å². The predicted molar refractivity (Wildman–Crippen MR) is 80.6 cm³/mol. The highest BCUT2D eigenvalue weighted by Crippen LogP contribution is 2.26. The van der Waals surface area contributed by atoms with Crippen LogP contribution in [-0.4, -0.2) is 17.0 Å². The standard InChI is InChI=1S/C16H21N3/c1-10(2)16-18-14(9-15(17-5)19-16)13-8-11(3)6-7-12(13)4/h6-10H,1-5H3,(H,17,18,19). The molecule has 0 aliphatic heterocycles. The lowest BCUT2D eigenvalue weighted by atomic mass is 10.0. The van der Waals surface area contributed by atoms with Crippen LogP contribution in [0.5, 0.6) is 0 Å². The Bertz CT molecular complexity index is 589. The highest BCUT2D eigenvalue weighted by molar-refractivity contribution is 5.66. The molecule has 100 valence electrons. The topological polar surface area (TPSA) is 37.8 Å². The van der Waals surface area contributed by atoms with Gasteiger partial charge in [0.2, 0.25) is 0 Å². The second kappa shape index (κ2) is 5.39. The van der Waals surface area contributed by atoms with E-state index in [1.165, 1.54) is 16.7 Å². The quantitative estimate of drug-likeness (QED) is 0.903. The van der Waals surface area contributed by atoms with Gasteiger partial charge in [0.1, 0.15) is 11.6 Å². The summed E-state index contributed by atoms with van der Waals surface area (Å²) in [5, 5.41) is 3.12. The lowest BCUT2D eigenvalue weighted by Crippen LogP contribution is -2.03. The van der Waals surface area contributed by atoms with Crippen LogP contribution in [0.3, 0.4) is 0 Å². The van der Waals surface area contributed by atoms with E-state index in [9.17, 15) is 0 Å². The number of hydrogen-bond acceptors (Lipinski definition) is 3. The molecule has 1 aromatic heterocycles. The van der Waals surface area contributed by atoms with E-state index >= 15 is 0 Å². The van der Waals surface area contributed by atoms with Gasteiger partial charge in [-0.1, -0.05) is 31.5 Å². The molecule has 0 aliphatic rings. The van der Waals surface area contributed by atoms with E-state index in [1.54, 1.807) is 0 Å². The molecule has 0 fully saturated rings. The van der Waals surface area contributed by atoms with Gasteiger partial charge in [0.15, 0.2) is 0 Å². The highest BCUT2D eigenvalue weighted by atomic mass is 15.0. The summed E-state index contributed by atoms with van der Waals surface area (Å²) >= 11 is 0. The summed E-state index contributed by atoms with van der Waals surface area (Å²) in [6.45, 7) is 8.45. The number of nitrogens with one attached hydrogen (secondary N) is 1. The molecule has 0 saturated heterocycles. The minimum atomic E-state index is 0.317. The predicted octanol–water partition coefficient (Wildman–Crippen LogP) is 3.93. The number of rotatable bonds is 3. The summed E-state index contributed by atoms with van der Waals surface area (Å²) < 4.78 is 0. The van der Waals surface area contributed by atoms with Crippen molar-refractivity contribution in [1.82, 2.24) is 9.97 Å². The molecule has 0 unspecified atom stereocenters. The van der Waals surface area contributed by atoms with Gasteiger partial charge in [-0.2, -0.15) is 0 Å². The van der Waals surface area contributed by atoms with E-state index in [1.807, 2.05) is 13.1 Å². The van der Waals surface area contributed by atoms with Gasteiger partial charge in [-0.05, 0) is 25.5 Å². The number of hydrogen-bond donors (Lipinski definition) is 1. The highest BCUT2D eigenvalue weighted by Gasteiger charge is 2.10. The lowest BCUT2D eigenvalue weighted by Gasteiger charge is -2.12. The molecule has 2 aromatic rings. The Morgan fingerprint density at radius 3 is 2.42 bits per heavy atom. The Balaban J connectivity index is 2.60. The van der Waals surface area contributed by atoms with Crippen molar-refractivity contribution in [1.29, 1.82) is 0 Å². The minimum Gasteiger partial charge on any atom is -0.373 e. The normalized spacial score (nSPS) is 10.8. The number of benzene rings is 1. The molecule has 1 heterocycles. The first-order valence-corrected chi connectivity index (χ1v) is 6.65. The minimum absolute atomic E-state index is 0.317. The van der Waals surface area contributed by atoms with Gasteiger partial charge in [-0.25, -0.2) is 9.97 Å². The molecular weight excluding hydrogens is 234 g/mol. The fraction of sp³-hybridized carbons (Fsp3) is 0.375. The first-order chi connectivity index (χ1) is 9.01. The number of nitrogens with zero attached hydrogens (tertiary/aromatic N) is 2. The molecule has 0 radical (unpaired) electrons. The molecule has 0 spiro atoms. The zero-order valence-corrected chi connectivity index (χ0v) is 12.3. The molecule has 0 atom stereocenters. The molecule has 3 heteroatoms. The Morgan fingerprint density at radius 2 is 1.79 bits per heavy atom. The smallest absolute Gasteiger partial charge is 0.133 e. The monoisotopic (exact) mass is 255 g/mol. The van der Waals surface area contributed by atoms with Crippen LogP contribution in [0.2, 0.25) is 0 Å². The third-order valence-electron chi connectivity index (χ3n) is 3.19. The second-order valence-corrected chi connectivity index (χ2v) is 5.22. The van der Waals surface area contributed by atoms with Gasteiger partial charge in [-0.15, -0.1) is 0 Å². The summed E-state index contributed by atoms with van der Waals surface area (Å²) in [7, 11) is 1.89. The van der Waals surface area contributed by atoms with Crippen molar-refractivity contribution >= 4 is 5.82 Å². The van der Waals surface area contributed by atoms with Crippen molar-refractivity contribution in [3.63, 3.8) is 0 Å². The van der Waals surface area contributed by atoms with Gasteiger partial charge in [0.05, 0.1) is 5.69 Å². The second-order valence-electron chi connectivity index (χ2n) is 5.22. The maximum absolute atomic E-state index is 4.70. The molecule has 19 heavy (non-hydrogen) atoms. The lowest BCUT2D eigenvalue weighted by molar-refractivity contribution is 0.777. The van der Waals surface area contributed by atoms with Gasteiger partial charge in [0, 0.05) is 24.6 Å². The fourth-order valence-electron chi connectivity index (χ4n) is 2.00. The third kappa shape index (κ3) is 2.92. The number of anilines is 1. The van der Waals surface area contributed by atoms with Gasteiger partial charge < -0.3 is 5.32 Å². The van der Waals surface area contributed by atoms with Crippen molar-refractivity contribution in [3.05, 3.63) is 41.2 Å². The van der Waals surface area contributed by atoms with Gasteiger partial charge >= 0.3 is 0 Å². The van der Waals surface area contributed by atoms with Crippen LogP contribution in [0.4, 0.5) is 5.82 Å². The molecular formula is C16H21N3. The van der Waals surface area contributed by atoms with E-state index in [2.05, 4.69) is 56.2 Å². The Kier molecular flexibility index (Phi) is 3.84. The molecule has 0 bridgehead atoms. The first-order valence-electron chi connectivity index (χ1n) is 6.65. The van der Waals surface area contributed by atoms with E-state index in [0.29, 0.717) is 5.92 Å². The molecule has 3 nitrogen and oxygen atoms in total. The first kappa shape index (κ1) is 13.5. The molecule has 2 rings (SSSR count). The van der Waals surface area contributed by atoms with Crippen molar-refractivity contribution in [2.75, 3.05) is 12.4 Å². The molecule has 0 saturated carbocycles. The van der Waals surface area contributed by atoms with Gasteiger partial charge in [-0.3, -0.25) is 0 Å². The molecule has 1 aromatic carbocycles. The third-order valence-corrected chi connectivity index (χ3v) is 3.19. The SMILES string of the molecule is CNc1cc(-c2cc(C)ccc2C)nc(C(C)C)n1. The number of aryl methyl sites for hydroxylation is 2. The maximum Gasteiger partial charge on any atom is 0.133 e. The summed E-state index contributed by atoms with van der Waals surface area (Å²) in [6, 6.07) is 8.46. The maximum atomic E-state index is 4.70. The summed E-state index contributed by atoms with van der Waals surface area (Å²) in [5.41, 5.74) is 4.66. The zero-order chi connectivity index (χ0) is 14.0. The van der Waals surface area contributed by atoms with E-state index in [4.69, 9.17) is 4.98 Å². The van der Waals surface area contributed by atoms with Crippen LogP contribution in [0.25, 0.3) is 11.3 Å². The average molecular weight is 255 g/mol. The Labute approximate surface area is 115 Å². The van der Waals surface area contributed by atoms with Crippen LogP contribution in [-0.2, 0) is 0 Å². The van der Waals surface area contributed by atoms with E-state index in [-0.39, 0.29) is 0 Å². The van der Waals surface area contributed by atoms with Gasteiger partial charge in [0.25, 0.3) is 0 Å². The summed E-state index contributed by atoms with van der Waals surface area (Å²) in [6.07, 6.45) is 0. The van der Waals surface area contributed by atoms with Crippen molar-refractivity contribution in [2.45, 2.75) is 33.6 Å². The molecule has 0 aliphatic carbocycles. The summed E-state index contributed by atoms with van der Waals surface area (Å²) in [4.78, 5) is 9.21. The Morgan fingerprint density at radius 1 is 1.05 bits per heavy atom. The van der Waals surface area contributed by atoms with Crippen LogP contribution < -0.4 is 5.32 Å². The largest absolute Gasteiger partial charge is 0.373 e. The van der Waals surface area contributed by atoms with Crippen LogP contribution in [0, 0.1) is 13.8 Å². The summed E-state index contributed by atoms with van der Waals surface area (Å²) in [5.74, 6) is 2.06. The fourth-order valence-corrected chi connectivity index (χ4v) is 2.00. The van der Waals surface area contributed by atoms with Crippen LogP contribution in [0.15, 0.2) is 24.3 Å². The van der Waals surface area contributed by atoms with Crippen LogP contribution >= 0.6 is 0 Å². The van der Waals surface area contributed by atoms with E-state index in [0.717, 1.165) is 17.3 Å². The van der Waals surface area contributed by atoms with Crippen molar-refractivity contribution in [2.24, 2.45) is 0 Å². The van der Waals surface area contributed by atoms with E-state index < -0.39 is 0 Å². The molecule has 0 amide bonds. The zero-order valence-electron chi connectivity index (χ0n) is 12.3. The Hall–Kier alpha value is -1.90.